The normalized spacial score (nSPS) is 11.2. The molecule has 298 valence electrons. The molecule has 0 aromatic heterocycles. The van der Waals surface area contributed by atoms with Crippen LogP contribution in [0.25, 0.3) is 0 Å². The summed E-state index contributed by atoms with van der Waals surface area (Å²) in [7, 11) is 0. The molecule has 6 nitrogen and oxygen atoms in total. The molecule has 0 aliphatic carbocycles. The Morgan fingerprint density at radius 1 is 0.240 bits per heavy atom. The maximum Gasteiger partial charge on any atom is 0.314 e. The Morgan fingerprint density at radius 3 is 0.540 bits per heavy atom. The topological polar surface area (TPSA) is 82.3 Å². The number of carbonyl (C=O) groups excluding carboxylic acids is 2. The lowest BCUT2D eigenvalue weighted by Gasteiger charge is -2.09. The number of unbranched alkanes of at least 4 members (excludes halogenated alkanes) is 33. The molecule has 0 spiro atoms. The van der Waals surface area contributed by atoms with E-state index in [9.17, 15) is 9.59 Å². The summed E-state index contributed by atoms with van der Waals surface area (Å²) in [6.07, 6.45) is 47.9. The van der Waals surface area contributed by atoms with Gasteiger partial charge < -0.3 is 21.3 Å². The van der Waals surface area contributed by atoms with Gasteiger partial charge in [0.05, 0.1) is 0 Å². The van der Waals surface area contributed by atoms with Crippen molar-refractivity contribution in [1.82, 2.24) is 21.3 Å². The number of rotatable bonds is 41. The minimum atomic E-state index is -0.0337. The fourth-order valence-electron chi connectivity index (χ4n) is 6.88. The van der Waals surface area contributed by atoms with Crippen molar-refractivity contribution < 1.29 is 9.59 Å². The Kier molecular flexibility index (Phi) is 42.4. The Balaban J connectivity index is 3.23. The molecule has 0 aliphatic rings. The van der Waals surface area contributed by atoms with E-state index in [0.717, 1.165) is 64.7 Å². The molecule has 0 atom stereocenters. The second-order valence-corrected chi connectivity index (χ2v) is 15.4. The zero-order chi connectivity index (χ0) is 36.3. The van der Waals surface area contributed by atoms with Crippen molar-refractivity contribution >= 4 is 12.1 Å². The Bertz CT molecular complexity index is 618. The summed E-state index contributed by atoms with van der Waals surface area (Å²) < 4.78 is 0. The van der Waals surface area contributed by atoms with Crippen LogP contribution in [0.4, 0.5) is 9.59 Å². The number of amides is 4. The second kappa shape index (κ2) is 43.7. The molecule has 0 bridgehead atoms. The van der Waals surface area contributed by atoms with Crippen LogP contribution in [-0.2, 0) is 0 Å². The van der Waals surface area contributed by atoms with Crippen molar-refractivity contribution in [2.75, 3.05) is 26.2 Å². The van der Waals surface area contributed by atoms with Gasteiger partial charge in [0.1, 0.15) is 0 Å². The molecule has 4 N–H and O–H groups in total. The predicted octanol–water partition coefficient (Wildman–Crippen LogP) is 13.7. The maximum absolute atomic E-state index is 12.0. The van der Waals surface area contributed by atoms with Gasteiger partial charge >= 0.3 is 12.1 Å². The Labute approximate surface area is 313 Å². The van der Waals surface area contributed by atoms with E-state index in [4.69, 9.17) is 0 Å². The maximum atomic E-state index is 12.0. The Hall–Kier alpha value is -1.46. The smallest absolute Gasteiger partial charge is 0.314 e. The van der Waals surface area contributed by atoms with E-state index in [-0.39, 0.29) is 12.1 Å². The van der Waals surface area contributed by atoms with Crippen molar-refractivity contribution in [3.8, 4) is 0 Å². The molecule has 0 aromatic rings. The fourth-order valence-corrected chi connectivity index (χ4v) is 6.88. The van der Waals surface area contributed by atoms with Crippen LogP contribution < -0.4 is 21.3 Å². The van der Waals surface area contributed by atoms with Gasteiger partial charge in [0.15, 0.2) is 0 Å². The van der Waals surface area contributed by atoms with Crippen LogP contribution in [0.3, 0.4) is 0 Å². The molecule has 0 unspecified atom stereocenters. The van der Waals surface area contributed by atoms with Gasteiger partial charge in [0.2, 0.25) is 0 Å². The van der Waals surface area contributed by atoms with Crippen LogP contribution in [0.2, 0.25) is 0 Å². The van der Waals surface area contributed by atoms with E-state index < -0.39 is 0 Å². The standard InChI is InChI=1S/C44H90N4O2/c1-3-5-7-9-11-13-15-17-19-21-23-25-27-29-31-35-39-45-43(49)47-41-37-33-34-38-42-48-44(50)46-40-36-32-30-28-26-24-22-20-18-16-14-12-10-8-6-4-2/h3-42H2,1-2H3,(H2,45,47,49)(H2,46,48,50). The highest BCUT2D eigenvalue weighted by atomic mass is 16.2. The van der Waals surface area contributed by atoms with Gasteiger partial charge in [-0.15, -0.1) is 0 Å². The molecular formula is C44H90N4O2. The third-order valence-electron chi connectivity index (χ3n) is 10.3. The predicted molar refractivity (Wildman–Crippen MR) is 220 cm³/mol. The number of nitrogens with one attached hydrogen (secondary N) is 4. The first-order valence-electron chi connectivity index (χ1n) is 22.7. The molecule has 6 heteroatoms. The van der Waals surface area contributed by atoms with E-state index in [1.165, 1.54) is 193 Å². The molecular weight excluding hydrogens is 617 g/mol. The van der Waals surface area contributed by atoms with Crippen LogP contribution in [0, 0.1) is 0 Å². The van der Waals surface area contributed by atoms with Crippen molar-refractivity contribution in [3.63, 3.8) is 0 Å². The van der Waals surface area contributed by atoms with E-state index in [2.05, 4.69) is 35.1 Å². The highest BCUT2D eigenvalue weighted by molar-refractivity contribution is 5.74. The van der Waals surface area contributed by atoms with E-state index >= 15 is 0 Å². The molecule has 50 heavy (non-hydrogen) atoms. The molecule has 4 amide bonds. The molecule has 0 aromatic carbocycles. The third-order valence-corrected chi connectivity index (χ3v) is 10.3. The molecule has 0 saturated carbocycles. The lowest BCUT2D eigenvalue weighted by atomic mass is 10.0. The van der Waals surface area contributed by atoms with Gasteiger partial charge in [-0.25, -0.2) is 9.59 Å². The van der Waals surface area contributed by atoms with E-state index in [0.29, 0.717) is 0 Å². The SMILES string of the molecule is CCCCCCCCCCCCCCCCCCNC(=O)NCCCCCCNC(=O)NCCCCCCCCCCCCCCCCCC. The molecule has 0 heterocycles. The first kappa shape index (κ1) is 48.5. The van der Waals surface area contributed by atoms with Gasteiger partial charge in [-0.05, 0) is 25.7 Å². The fraction of sp³-hybridized carbons (Fsp3) is 0.955. The zero-order valence-electron chi connectivity index (χ0n) is 34.1. The number of carbonyl (C=O) groups is 2. The van der Waals surface area contributed by atoms with Crippen LogP contribution >= 0.6 is 0 Å². The lowest BCUT2D eigenvalue weighted by Crippen LogP contribution is -2.36. The highest BCUT2D eigenvalue weighted by Gasteiger charge is 2.02. The summed E-state index contributed by atoms with van der Waals surface area (Å²) in [4.78, 5) is 24.0. The summed E-state index contributed by atoms with van der Waals surface area (Å²) in [6.45, 7) is 7.57. The highest BCUT2D eigenvalue weighted by Crippen LogP contribution is 2.15. The summed E-state index contributed by atoms with van der Waals surface area (Å²) >= 11 is 0. The average molecular weight is 707 g/mol. The third kappa shape index (κ3) is 42.7. The first-order valence-corrected chi connectivity index (χ1v) is 22.7. The zero-order valence-corrected chi connectivity index (χ0v) is 34.1. The quantitative estimate of drug-likeness (QED) is 0.0477. The summed E-state index contributed by atoms with van der Waals surface area (Å²) in [5, 5.41) is 12.0. The van der Waals surface area contributed by atoms with Gasteiger partial charge in [0, 0.05) is 26.2 Å². The average Bonchev–Trinajstić information content (AvgIpc) is 3.12. The molecule has 0 saturated heterocycles. The number of hydrogen-bond donors (Lipinski definition) is 4. The summed E-state index contributed by atoms with van der Waals surface area (Å²) in [5.74, 6) is 0. The number of urea groups is 2. The van der Waals surface area contributed by atoms with Crippen molar-refractivity contribution in [1.29, 1.82) is 0 Å². The van der Waals surface area contributed by atoms with Crippen LogP contribution in [0.15, 0.2) is 0 Å². The number of hydrogen-bond acceptors (Lipinski definition) is 2. The van der Waals surface area contributed by atoms with Crippen molar-refractivity contribution in [3.05, 3.63) is 0 Å². The second-order valence-electron chi connectivity index (χ2n) is 15.4. The first-order chi connectivity index (χ1) is 24.7. The van der Waals surface area contributed by atoms with Crippen LogP contribution in [0.1, 0.15) is 245 Å². The minimum Gasteiger partial charge on any atom is -0.338 e. The van der Waals surface area contributed by atoms with Crippen molar-refractivity contribution in [2.45, 2.75) is 245 Å². The molecule has 0 radical (unpaired) electrons. The molecule has 0 fully saturated rings. The van der Waals surface area contributed by atoms with Gasteiger partial charge in [0.25, 0.3) is 0 Å². The van der Waals surface area contributed by atoms with Crippen LogP contribution in [-0.4, -0.2) is 38.2 Å². The van der Waals surface area contributed by atoms with Gasteiger partial charge in [-0.1, -0.05) is 219 Å². The van der Waals surface area contributed by atoms with Gasteiger partial charge in [-0.2, -0.15) is 0 Å². The van der Waals surface area contributed by atoms with Gasteiger partial charge in [-0.3, -0.25) is 0 Å². The molecule has 0 rings (SSSR count). The largest absolute Gasteiger partial charge is 0.338 e. The summed E-state index contributed by atoms with van der Waals surface area (Å²) in [5.41, 5.74) is 0. The lowest BCUT2D eigenvalue weighted by molar-refractivity contribution is 0.239. The monoisotopic (exact) mass is 707 g/mol. The molecule has 0 aliphatic heterocycles. The minimum absolute atomic E-state index is 0.0337. The Morgan fingerprint density at radius 2 is 0.380 bits per heavy atom. The summed E-state index contributed by atoms with van der Waals surface area (Å²) in [6, 6.07) is -0.0673. The van der Waals surface area contributed by atoms with Crippen LogP contribution in [0.5, 0.6) is 0 Å². The van der Waals surface area contributed by atoms with E-state index in [1.54, 1.807) is 0 Å². The van der Waals surface area contributed by atoms with E-state index in [1.807, 2.05) is 0 Å². The van der Waals surface area contributed by atoms with Crippen molar-refractivity contribution in [2.24, 2.45) is 0 Å².